The summed E-state index contributed by atoms with van der Waals surface area (Å²) in [6, 6.07) is 53.9. The predicted molar refractivity (Wildman–Crippen MR) is 175 cm³/mol. The van der Waals surface area contributed by atoms with Crippen LogP contribution in [0.3, 0.4) is 0 Å². The normalized spacial score (nSPS) is 16.2. The molecule has 0 amide bonds. The second-order valence-electron chi connectivity index (χ2n) is 11.7. The first-order valence-corrected chi connectivity index (χ1v) is 14.7. The lowest BCUT2D eigenvalue weighted by Gasteiger charge is -2.31. The summed E-state index contributed by atoms with van der Waals surface area (Å²) >= 11 is 0. The maximum atomic E-state index is 3.96. The summed E-state index contributed by atoms with van der Waals surface area (Å²) in [5.41, 5.74) is 15.3. The maximum Gasteiger partial charge on any atom is 0.0746 e. The molecule has 1 N–H and O–H groups in total. The summed E-state index contributed by atoms with van der Waals surface area (Å²) in [5, 5.41) is 5.22. The number of hydrogen-bond acceptors (Lipinski definition) is 0. The quantitative estimate of drug-likeness (QED) is 0.217. The Morgan fingerprint density at radius 1 is 0.429 bits per heavy atom. The molecule has 1 spiro atoms. The number of aromatic amines is 1. The minimum Gasteiger partial charge on any atom is -0.354 e. The molecule has 2 aliphatic rings. The average molecular weight is 532 g/mol. The summed E-state index contributed by atoms with van der Waals surface area (Å²) in [6.07, 6.45) is 0. The van der Waals surface area contributed by atoms with Crippen LogP contribution in [0.25, 0.3) is 66.0 Å². The minimum absolute atomic E-state index is 0.439. The Morgan fingerprint density at radius 3 is 1.88 bits per heavy atom. The number of aromatic nitrogens is 1. The first-order valence-electron chi connectivity index (χ1n) is 14.7. The highest BCUT2D eigenvalue weighted by Crippen LogP contribution is 2.65. The Morgan fingerprint density at radius 2 is 1.05 bits per heavy atom. The zero-order chi connectivity index (χ0) is 27.4. The van der Waals surface area contributed by atoms with Crippen molar-refractivity contribution < 1.29 is 0 Å². The molecule has 2 aliphatic carbocycles. The molecule has 1 heterocycles. The van der Waals surface area contributed by atoms with Crippen LogP contribution in [0.15, 0.2) is 146 Å². The second kappa shape index (κ2) is 7.87. The molecule has 42 heavy (non-hydrogen) atoms. The fourth-order valence-corrected chi connectivity index (χ4v) is 8.25. The lowest BCUT2D eigenvalue weighted by molar-refractivity contribution is 0.800. The minimum atomic E-state index is -0.439. The first-order chi connectivity index (χ1) is 20.9. The third-order valence-corrected chi connectivity index (χ3v) is 9.80. The van der Waals surface area contributed by atoms with Crippen molar-refractivity contribution in [2.45, 2.75) is 5.41 Å². The van der Waals surface area contributed by atoms with Gasteiger partial charge >= 0.3 is 0 Å². The van der Waals surface area contributed by atoms with Crippen LogP contribution in [0.5, 0.6) is 0 Å². The molecule has 1 nitrogen and oxygen atoms in total. The van der Waals surface area contributed by atoms with Crippen molar-refractivity contribution >= 4 is 32.6 Å². The molecule has 7 aromatic carbocycles. The number of nitrogens with one attached hydrogen (secondary N) is 1. The van der Waals surface area contributed by atoms with Gasteiger partial charge in [0.2, 0.25) is 0 Å². The van der Waals surface area contributed by atoms with E-state index in [1.165, 1.54) is 88.2 Å². The molecule has 1 aromatic heterocycles. The van der Waals surface area contributed by atoms with Gasteiger partial charge in [-0.05, 0) is 73.0 Å². The molecular weight excluding hydrogens is 506 g/mol. The average Bonchev–Trinajstić information content (AvgIpc) is 3.69. The van der Waals surface area contributed by atoms with E-state index in [1.807, 2.05) is 0 Å². The van der Waals surface area contributed by atoms with Crippen molar-refractivity contribution in [3.05, 3.63) is 168 Å². The number of rotatable bonds is 1. The van der Waals surface area contributed by atoms with E-state index >= 15 is 0 Å². The largest absolute Gasteiger partial charge is 0.354 e. The third-order valence-electron chi connectivity index (χ3n) is 9.80. The van der Waals surface area contributed by atoms with Gasteiger partial charge in [-0.15, -0.1) is 0 Å². The van der Waals surface area contributed by atoms with Crippen molar-refractivity contribution in [2.75, 3.05) is 0 Å². The number of para-hydroxylation sites is 1. The van der Waals surface area contributed by atoms with E-state index in [2.05, 4.69) is 151 Å². The number of benzene rings is 7. The zero-order valence-electron chi connectivity index (χ0n) is 22.9. The summed E-state index contributed by atoms with van der Waals surface area (Å²) in [5.74, 6) is 0. The summed E-state index contributed by atoms with van der Waals surface area (Å²) < 4.78 is 0. The zero-order valence-corrected chi connectivity index (χ0v) is 22.9. The molecule has 194 valence electrons. The molecule has 0 fully saturated rings. The van der Waals surface area contributed by atoms with Crippen LogP contribution in [0, 0.1) is 0 Å². The van der Waals surface area contributed by atoms with Crippen LogP contribution in [0.2, 0.25) is 0 Å². The lowest BCUT2D eigenvalue weighted by atomic mass is 9.69. The van der Waals surface area contributed by atoms with Crippen LogP contribution in [0.4, 0.5) is 0 Å². The van der Waals surface area contributed by atoms with E-state index < -0.39 is 5.41 Å². The highest BCUT2D eigenvalue weighted by atomic mass is 14.7. The van der Waals surface area contributed by atoms with Gasteiger partial charge in [0.05, 0.1) is 10.9 Å². The highest BCUT2D eigenvalue weighted by Gasteiger charge is 2.53. The predicted octanol–water partition coefficient (Wildman–Crippen LogP) is 10.5. The molecule has 1 heteroatoms. The van der Waals surface area contributed by atoms with E-state index in [0.717, 1.165) is 0 Å². The van der Waals surface area contributed by atoms with Gasteiger partial charge in [0.15, 0.2) is 0 Å². The number of hydrogen-bond donors (Lipinski definition) is 1. The highest BCUT2D eigenvalue weighted by molar-refractivity contribution is 6.26. The Hall–Kier alpha value is -5.40. The van der Waals surface area contributed by atoms with Crippen LogP contribution in [-0.4, -0.2) is 4.98 Å². The standard InChI is InChI=1S/C41H25N/c1-2-12-25(13-3-1)26-22-23-28-27-14-6-9-19-33(27)41(35(28)24-26)34-20-10-7-17-31(34)37-29-15-4-5-16-30(29)38-32-18-8-11-21-36(32)42-40(38)39(37)41/h1-24,42H. The van der Waals surface area contributed by atoms with E-state index in [9.17, 15) is 0 Å². The first kappa shape index (κ1) is 22.3. The molecule has 0 saturated heterocycles. The van der Waals surface area contributed by atoms with Gasteiger partial charge in [0.1, 0.15) is 0 Å². The molecule has 1 unspecified atom stereocenters. The van der Waals surface area contributed by atoms with Gasteiger partial charge < -0.3 is 4.98 Å². The summed E-state index contributed by atoms with van der Waals surface area (Å²) in [6.45, 7) is 0. The molecule has 0 bridgehead atoms. The van der Waals surface area contributed by atoms with E-state index in [1.54, 1.807) is 0 Å². The van der Waals surface area contributed by atoms with Crippen molar-refractivity contribution in [3.8, 4) is 33.4 Å². The topological polar surface area (TPSA) is 15.8 Å². The van der Waals surface area contributed by atoms with Crippen molar-refractivity contribution in [3.63, 3.8) is 0 Å². The fraction of sp³-hybridized carbons (Fsp3) is 0.0244. The van der Waals surface area contributed by atoms with Gasteiger partial charge in [-0.2, -0.15) is 0 Å². The molecule has 10 rings (SSSR count). The van der Waals surface area contributed by atoms with Crippen molar-refractivity contribution in [1.82, 2.24) is 4.98 Å². The number of fused-ring (bicyclic) bond motifs is 17. The monoisotopic (exact) mass is 531 g/mol. The van der Waals surface area contributed by atoms with Crippen LogP contribution >= 0.6 is 0 Å². The molecule has 0 aliphatic heterocycles. The summed E-state index contributed by atoms with van der Waals surface area (Å²) in [4.78, 5) is 3.96. The lowest BCUT2D eigenvalue weighted by Crippen LogP contribution is -2.26. The van der Waals surface area contributed by atoms with E-state index in [-0.39, 0.29) is 0 Å². The molecule has 8 aromatic rings. The van der Waals surface area contributed by atoms with Gasteiger partial charge in [-0.25, -0.2) is 0 Å². The van der Waals surface area contributed by atoms with Gasteiger partial charge in [-0.3, -0.25) is 0 Å². The van der Waals surface area contributed by atoms with E-state index in [4.69, 9.17) is 0 Å². The van der Waals surface area contributed by atoms with Crippen LogP contribution in [-0.2, 0) is 5.41 Å². The molecule has 0 radical (unpaired) electrons. The molecule has 1 atom stereocenters. The second-order valence-corrected chi connectivity index (χ2v) is 11.7. The van der Waals surface area contributed by atoms with Gasteiger partial charge in [0, 0.05) is 21.9 Å². The Bertz CT molecular complexity index is 2410. The maximum absolute atomic E-state index is 3.96. The molecule has 0 saturated carbocycles. The fourth-order valence-electron chi connectivity index (χ4n) is 8.25. The number of H-pyrrole nitrogens is 1. The van der Waals surface area contributed by atoms with Crippen molar-refractivity contribution in [1.29, 1.82) is 0 Å². The Kier molecular flexibility index (Phi) is 4.18. The van der Waals surface area contributed by atoms with Crippen molar-refractivity contribution in [2.24, 2.45) is 0 Å². The Labute approximate surface area is 243 Å². The Balaban J connectivity index is 1.47. The van der Waals surface area contributed by atoms with Gasteiger partial charge in [0.25, 0.3) is 0 Å². The summed E-state index contributed by atoms with van der Waals surface area (Å²) in [7, 11) is 0. The SMILES string of the molecule is c1ccc(-c2ccc3c(c2)C2(c4ccccc4-3)c3ccccc3-c3c2c2[nH]c4ccccc4c2c2ccccc32)cc1. The van der Waals surface area contributed by atoms with Crippen LogP contribution < -0.4 is 0 Å². The third kappa shape index (κ3) is 2.56. The van der Waals surface area contributed by atoms with Gasteiger partial charge in [-0.1, -0.05) is 133 Å². The molecular formula is C41H25N. The van der Waals surface area contributed by atoms with Crippen LogP contribution in [0.1, 0.15) is 22.3 Å². The van der Waals surface area contributed by atoms with E-state index in [0.29, 0.717) is 0 Å². The smallest absolute Gasteiger partial charge is 0.0746 e.